The summed E-state index contributed by atoms with van der Waals surface area (Å²) < 4.78 is 0. The minimum absolute atomic E-state index is 0.0637. The molecular formula is C42H46N6O3. The van der Waals surface area contributed by atoms with Crippen molar-refractivity contribution in [3.8, 4) is 6.07 Å². The minimum Gasteiger partial charge on any atom is -0.371 e. The number of aromatic nitrogens is 1. The number of hydrogen-bond donors (Lipinski definition) is 2. The summed E-state index contributed by atoms with van der Waals surface area (Å²) in [6.07, 6.45) is 4.04. The van der Waals surface area contributed by atoms with Gasteiger partial charge in [0.05, 0.1) is 23.1 Å². The minimum atomic E-state index is -0.397. The van der Waals surface area contributed by atoms with Crippen LogP contribution in [0.25, 0.3) is 10.9 Å². The molecule has 2 N–H and O–H groups in total. The van der Waals surface area contributed by atoms with Crippen LogP contribution in [0.3, 0.4) is 0 Å². The number of H-pyrrole nitrogens is 1. The van der Waals surface area contributed by atoms with Crippen LogP contribution in [0.2, 0.25) is 0 Å². The number of nitrogens with zero attached hydrogens (tertiary/aromatic N) is 4. The maximum absolute atomic E-state index is 14.1. The molecule has 51 heavy (non-hydrogen) atoms. The average molecular weight is 683 g/mol. The van der Waals surface area contributed by atoms with Gasteiger partial charge in [-0.1, -0.05) is 51.1 Å². The van der Waals surface area contributed by atoms with Gasteiger partial charge in [-0.15, -0.1) is 0 Å². The fourth-order valence-corrected chi connectivity index (χ4v) is 9.16. The maximum Gasteiger partial charge on any atom is 0.234 e. The Morgan fingerprint density at radius 3 is 2.39 bits per heavy atom. The molecule has 3 aromatic carbocycles. The summed E-state index contributed by atoms with van der Waals surface area (Å²) in [7, 11) is 0. The fraction of sp³-hybridized carbons (Fsp3) is 0.429. The van der Waals surface area contributed by atoms with Crippen molar-refractivity contribution in [3.05, 3.63) is 99.2 Å². The van der Waals surface area contributed by atoms with Gasteiger partial charge in [0, 0.05) is 91.5 Å². The highest BCUT2D eigenvalue weighted by Gasteiger charge is 2.41. The number of piperidine rings is 2. The number of imide groups is 1. The van der Waals surface area contributed by atoms with Crippen molar-refractivity contribution >= 4 is 34.2 Å². The van der Waals surface area contributed by atoms with Gasteiger partial charge in [0.2, 0.25) is 11.8 Å². The SMILES string of the molecule is CCc1cc2c(cc1N1CCC(N3CCN(Cc4ccccc4C4CCC(=O)NC4=O)CC3)CC1)C(C)(C)c1[nH]c3cc(C#N)ccc3c1C2=O. The molecule has 3 fully saturated rings. The number of nitrogens with one attached hydrogen (secondary N) is 2. The van der Waals surface area contributed by atoms with Crippen LogP contribution < -0.4 is 10.2 Å². The Labute approximate surface area is 299 Å². The Morgan fingerprint density at radius 1 is 0.902 bits per heavy atom. The summed E-state index contributed by atoms with van der Waals surface area (Å²) in [4.78, 5) is 49.7. The molecule has 1 atom stereocenters. The molecule has 0 bridgehead atoms. The molecular weight excluding hydrogens is 637 g/mol. The number of benzene rings is 3. The molecule has 4 aromatic rings. The van der Waals surface area contributed by atoms with Gasteiger partial charge in [0.15, 0.2) is 5.78 Å². The average Bonchev–Trinajstić information content (AvgIpc) is 3.55. The summed E-state index contributed by atoms with van der Waals surface area (Å²) in [5, 5.41) is 12.9. The summed E-state index contributed by atoms with van der Waals surface area (Å²) >= 11 is 0. The molecule has 262 valence electrons. The maximum atomic E-state index is 14.1. The Morgan fingerprint density at radius 2 is 1.67 bits per heavy atom. The van der Waals surface area contributed by atoms with Gasteiger partial charge >= 0.3 is 0 Å². The first-order valence-corrected chi connectivity index (χ1v) is 18.6. The number of piperazine rings is 1. The summed E-state index contributed by atoms with van der Waals surface area (Å²) in [6, 6.07) is 21.0. The van der Waals surface area contributed by atoms with Gasteiger partial charge in [0.1, 0.15) is 0 Å². The largest absolute Gasteiger partial charge is 0.371 e. The van der Waals surface area contributed by atoms with E-state index in [4.69, 9.17) is 0 Å². The van der Waals surface area contributed by atoms with E-state index in [1.54, 1.807) is 6.07 Å². The lowest BCUT2D eigenvalue weighted by molar-refractivity contribution is -0.134. The molecule has 9 heteroatoms. The summed E-state index contributed by atoms with van der Waals surface area (Å²) in [6.45, 7) is 13.4. The molecule has 2 amide bonds. The third-order valence-electron chi connectivity index (χ3n) is 12.1. The van der Waals surface area contributed by atoms with Crippen molar-refractivity contribution in [2.24, 2.45) is 0 Å². The van der Waals surface area contributed by atoms with E-state index in [0.717, 1.165) is 104 Å². The fourth-order valence-electron chi connectivity index (χ4n) is 9.16. The van der Waals surface area contributed by atoms with Crippen molar-refractivity contribution in [2.45, 2.75) is 76.8 Å². The van der Waals surface area contributed by atoms with Gasteiger partial charge < -0.3 is 9.88 Å². The van der Waals surface area contributed by atoms with Crippen molar-refractivity contribution in [1.82, 2.24) is 20.1 Å². The Bertz CT molecular complexity index is 2090. The van der Waals surface area contributed by atoms with Crippen LogP contribution in [0, 0.1) is 11.3 Å². The Balaban J connectivity index is 0.935. The van der Waals surface area contributed by atoms with Gasteiger partial charge in [-0.3, -0.25) is 29.5 Å². The number of fused-ring (bicyclic) bond motifs is 4. The van der Waals surface area contributed by atoms with Crippen molar-refractivity contribution in [1.29, 1.82) is 5.26 Å². The molecule has 1 aromatic heterocycles. The summed E-state index contributed by atoms with van der Waals surface area (Å²) in [5.41, 5.74) is 9.26. The highest BCUT2D eigenvalue weighted by molar-refractivity contribution is 6.20. The number of amides is 2. The van der Waals surface area contributed by atoms with Crippen LogP contribution in [0.1, 0.15) is 102 Å². The number of nitriles is 1. The van der Waals surface area contributed by atoms with Crippen molar-refractivity contribution < 1.29 is 14.4 Å². The lowest BCUT2D eigenvalue weighted by atomic mass is 9.70. The van der Waals surface area contributed by atoms with E-state index >= 15 is 0 Å². The molecule has 0 spiro atoms. The van der Waals surface area contributed by atoms with Crippen LogP contribution >= 0.6 is 0 Å². The predicted octanol–water partition coefficient (Wildman–Crippen LogP) is 5.78. The zero-order chi connectivity index (χ0) is 35.4. The van der Waals surface area contributed by atoms with Gasteiger partial charge in [0.25, 0.3) is 0 Å². The van der Waals surface area contributed by atoms with Gasteiger partial charge in [-0.25, -0.2) is 0 Å². The van der Waals surface area contributed by atoms with E-state index in [1.807, 2.05) is 24.3 Å². The number of hydrogen-bond acceptors (Lipinski definition) is 7. The van der Waals surface area contributed by atoms with E-state index in [2.05, 4.69) is 76.1 Å². The second-order valence-electron chi connectivity index (χ2n) is 15.3. The predicted molar refractivity (Wildman–Crippen MR) is 198 cm³/mol. The van der Waals surface area contributed by atoms with Crippen molar-refractivity contribution in [2.75, 3.05) is 44.2 Å². The first-order valence-electron chi connectivity index (χ1n) is 18.6. The number of carbonyl (C=O) groups is 3. The van der Waals surface area contributed by atoms with E-state index in [0.29, 0.717) is 24.4 Å². The normalized spacial score (nSPS) is 21.3. The molecule has 0 saturated carbocycles. The molecule has 8 rings (SSSR count). The van der Waals surface area contributed by atoms with Crippen molar-refractivity contribution in [3.63, 3.8) is 0 Å². The number of aromatic amines is 1. The lowest BCUT2D eigenvalue weighted by Crippen LogP contribution is -2.53. The van der Waals surface area contributed by atoms with Crippen LogP contribution in [0.4, 0.5) is 5.69 Å². The molecule has 4 aliphatic rings. The summed E-state index contributed by atoms with van der Waals surface area (Å²) in [5.74, 6) is -0.544. The molecule has 4 heterocycles. The molecule has 1 aliphatic carbocycles. The highest BCUT2D eigenvalue weighted by atomic mass is 16.2. The number of rotatable bonds is 6. The lowest BCUT2D eigenvalue weighted by Gasteiger charge is -2.44. The molecule has 9 nitrogen and oxygen atoms in total. The van der Waals surface area contributed by atoms with E-state index in [1.165, 1.54) is 16.8 Å². The second kappa shape index (κ2) is 13.1. The number of carbonyl (C=O) groups excluding carboxylic acids is 3. The Kier molecular flexibility index (Phi) is 8.56. The second-order valence-corrected chi connectivity index (χ2v) is 15.3. The van der Waals surface area contributed by atoms with E-state index < -0.39 is 5.41 Å². The first kappa shape index (κ1) is 33.4. The van der Waals surface area contributed by atoms with E-state index in [9.17, 15) is 19.6 Å². The highest BCUT2D eigenvalue weighted by Crippen LogP contribution is 2.46. The van der Waals surface area contributed by atoms with Gasteiger partial charge in [-0.05, 0) is 72.2 Å². The zero-order valence-electron chi connectivity index (χ0n) is 29.8. The molecule has 1 unspecified atom stereocenters. The standard InChI is InChI=1S/C42H46N6O3/c1-4-27-22-33-34(42(2,3)40-38(39(33)50)32-10-9-26(24-43)21-35(32)44-40)23-36(27)48-15-13-29(14-16-48)47-19-17-46(18-20-47)25-28-7-5-6-8-30(28)31-11-12-37(49)45-41(31)51/h5-10,21-23,29,31,44H,4,11-20,25H2,1-3H3,(H,45,49,51). The van der Waals surface area contributed by atoms with Crippen LogP contribution in [0.5, 0.6) is 0 Å². The quantitative estimate of drug-likeness (QED) is 0.248. The third kappa shape index (κ3) is 5.84. The number of aryl methyl sites for hydroxylation is 1. The number of ketones is 1. The smallest absolute Gasteiger partial charge is 0.234 e. The third-order valence-corrected chi connectivity index (χ3v) is 12.1. The monoisotopic (exact) mass is 682 g/mol. The first-order chi connectivity index (χ1) is 24.7. The van der Waals surface area contributed by atoms with E-state index in [-0.39, 0.29) is 23.5 Å². The van der Waals surface area contributed by atoms with Crippen LogP contribution in [-0.4, -0.2) is 77.7 Å². The molecule has 3 aliphatic heterocycles. The van der Waals surface area contributed by atoms with Crippen LogP contribution in [0.15, 0.2) is 54.6 Å². The van der Waals surface area contributed by atoms with Gasteiger partial charge in [-0.2, -0.15) is 5.26 Å². The topological polar surface area (TPSA) is 113 Å². The van der Waals surface area contributed by atoms with Crippen LogP contribution in [-0.2, 0) is 28.0 Å². The number of anilines is 1. The Hall–Kier alpha value is -4.78. The zero-order valence-corrected chi connectivity index (χ0v) is 29.8. The molecule has 3 saturated heterocycles. The molecule has 0 radical (unpaired) electrons.